The number of fused-ring (bicyclic) bond motifs is 2. The lowest BCUT2D eigenvalue weighted by Crippen LogP contribution is -2.56. The molecule has 16 heavy (non-hydrogen) atoms. The molecule has 3 rings (SSSR count). The average molecular weight is 218 g/mol. The van der Waals surface area contributed by atoms with Gasteiger partial charge in [-0.05, 0) is 31.3 Å². The molecule has 0 aromatic carbocycles. The number of allylic oxidation sites excluding steroid dienone is 2. The molecule has 0 aromatic rings. The van der Waals surface area contributed by atoms with Gasteiger partial charge in [-0.3, -0.25) is 4.79 Å². The monoisotopic (exact) mass is 218 g/mol. The molecule has 2 aliphatic heterocycles. The van der Waals surface area contributed by atoms with Gasteiger partial charge in [0.15, 0.2) is 0 Å². The molecule has 0 aromatic heterocycles. The predicted octanol–water partition coefficient (Wildman–Crippen LogP) is 0.987. The maximum Gasteiger partial charge on any atom is 0.221 e. The summed E-state index contributed by atoms with van der Waals surface area (Å²) in [5.74, 6) is 0.723. The summed E-state index contributed by atoms with van der Waals surface area (Å²) in [6.45, 7) is 2.10. The molecule has 2 fully saturated rings. The number of nitrogens with one attached hydrogen (secondary N) is 2. The van der Waals surface area contributed by atoms with E-state index in [2.05, 4.69) is 28.9 Å². The molecule has 0 saturated carbocycles. The van der Waals surface area contributed by atoms with Gasteiger partial charge in [-0.1, -0.05) is 24.3 Å². The molecule has 1 aliphatic carbocycles. The van der Waals surface area contributed by atoms with Gasteiger partial charge in [0.25, 0.3) is 0 Å². The third-order valence-corrected chi connectivity index (χ3v) is 4.28. The molecule has 86 valence electrons. The summed E-state index contributed by atoms with van der Waals surface area (Å²) in [5, 5.41) is 6.49. The highest BCUT2D eigenvalue weighted by molar-refractivity contribution is 5.79. The minimum Gasteiger partial charge on any atom is -0.349 e. The van der Waals surface area contributed by atoms with Gasteiger partial charge in [0, 0.05) is 12.3 Å². The van der Waals surface area contributed by atoms with E-state index in [4.69, 9.17) is 0 Å². The van der Waals surface area contributed by atoms with Crippen LogP contribution in [0.1, 0.15) is 19.3 Å². The number of rotatable bonds is 0. The maximum absolute atomic E-state index is 11.8. The molecule has 2 heterocycles. The summed E-state index contributed by atoms with van der Waals surface area (Å²) in [6.07, 6.45) is 11.5. The highest BCUT2D eigenvalue weighted by Crippen LogP contribution is 2.46. The first-order chi connectivity index (χ1) is 7.80. The van der Waals surface area contributed by atoms with Crippen molar-refractivity contribution in [1.82, 2.24) is 10.6 Å². The van der Waals surface area contributed by atoms with Crippen molar-refractivity contribution in [2.75, 3.05) is 13.1 Å². The van der Waals surface area contributed by atoms with Crippen LogP contribution >= 0.6 is 0 Å². The number of amides is 1. The fourth-order valence-corrected chi connectivity index (χ4v) is 3.44. The number of carbonyl (C=O) groups is 1. The van der Waals surface area contributed by atoms with Gasteiger partial charge < -0.3 is 10.6 Å². The molecule has 1 spiro atoms. The first kappa shape index (κ1) is 10.1. The van der Waals surface area contributed by atoms with Gasteiger partial charge in [0.05, 0.1) is 6.04 Å². The van der Waals surface area contributed by atoms with Crippen LogP contribution in [0.4, 0.5) is 0 Å². The highest BCUT2D eigenvalue weighted by Gasteiger charge is 2.47. The normalized spacial score (nSPS) is 35.9. The fraction of sp³-hybridized carbons (Fsp3) is 0.615. The van der Waals surface area contributed by atoms with E-state index in [1.807, 2.05) is 6.08 Å². The first-order valence-electron chi connectivity index (χ1n) is 6.15. The van der Waals surface area contributed by atoms with Crippen molar-refractivity contribution in [3.05, 3.63) is 24.3 Å². The molecule has 3 heteroatoms. The van der Waals surface area contributed by atoms with Crippen LogP contribution in [0.15, 0.2) is 24.3 Å². The molecule has 2 atom stereocenters. The fourth-order valence-electron chi connectivity index (χ4n) is 3.44. The molecule has 2 saturated heterocycles. The van der Waals surface area contributed by atoms with Crippen molar-refractivity contribution in [3.8, 4) is 0 Å². The number of hydrogen-bond donors (Lipinski definition) is 2. The zero-order valence-corrected chi connectivity index (χ0v) is 9.41. The zero-order chi connectivity index (χ0) is 11.0. The second-order valence-electron chi connectivity index (χ2n) is 5.18. The topological polar surface area (TPSA) is 41.1 Å². The van der Waals surface area contributed by atoms with Crippen molar-refractivity contribution >= 4 is 5.91 Å². The smallest absolute Gasteiger partial charge is 0.221 e. The average Bonchev–Trinajstić information content (AvgIpc) is 2.30. The van der Waals surface area contributed by atoms with E-state index in [0.29, 0.717) is 12.3 Å². The van der Waals surface area contributed by atoms with Gasteiger partial charge in [0.2, 0.25) is 5.91 Å². The van der Waals surface area contributed by atoms with E-state index >= 15 is 0 Å². The summed E-state index contributed by atoms with van der Waals surface area (Å²) in [7, 11) is 0. The Kier molecular flexibility index (Phi) is 2.36. The largest absolute Gasteiger partial charge is 0.349 e. The molecule has 0 bridgehead atoms. The lowest BCUT2D eigenvalue weighted by atomic mass is 9.61. The Morgan fingerprint density at radius 2 is 1.94 bits per heavy atom. The van der Waals surface area contributed by atoms with Crippen LogP contribution in [0.5, 0.6) is 0 Å². The molecule has 2 N–H and O–H groups in total. The highest BCUT2D eigenvalue weighted by atomic mass is 16.1. The predicted molar refractivity (Wildman–Crippen MR) is 62.9 cm³/mol. The van der Waals surface area contributed by atoms with Crippen molar-refractivity contribution in [2.24, 2.45) is 11.3 Å². The molecule has 1 amide bonds. The van der Waals surface area contributed by atoms with Gasteiger partial charge in [-0.15, -0.1) is 0 Å². The van der Waals surface area contributed by atoms with E-state index in [9.17, 15) is 4.79 Å². The van der Waals surface area contributed by atoms with E-state index in [1.165, 1.54) is 0 Å². The van der Waals surface area contributed by atoms with Gasteiger partial charge in [0.1, 0.15) is 0 Å². The minimum atomic E-state index is 0.208. The Morgan fingerprint density at radius 1 is 1.19 bits per heavy atom. The number of carbonyl (C=O) groups excluding carboxylic acids is 1. The van der Waals surface area contributed by atoms with Crippen LogP contribution in [0.25, 0.3) is 0 Å². The third kappa shape index (κ3) is 1.50. The van der Waals surface area contributed by atoms with Crippen molar-refractivity contribution < 1.29 is 4.79 Å². The van der Waals surface area contributed by atoms with E-state index in [0.717, 1.165) is 25.9 Å². The van der Waals surface area contributed by atoms with E-state index in [-0.39, 0.29) is 17.4 Å². The van der Waals surface area contributed by atoms with Crippen LogP contribution in [0.2, 0.25) is 0 Å². The molecule has 3 aliphatic rings. The van der Waals surface area contributed by atoms with Crippen LogP contribution < -0.4 is 10.6 Å². The second-order valence-corrected chi connectivity index (χ2v) is 5.18. The lowest BCUT2D eigenvalue weighted by molar-refractivity contribution is -0.129. The van der Waals surface area contributed by atoms with Crippen LogP contribution in [-0.4, -0.2) is 25.0 Å². The summed E-state index contributed by atoms with van der Waals surface area (Å²) in [6, 6.07) is 0.226. The van der Waals surface area contributed by atoms with Crippen LogP contribution in [0.3, 0.4) is 0 Å². The Bertz CT molecular complexity index is 353. The first-order valence-corrected chi connectivity index (χ1v) is 6.15. The Balaban J connectivity index is 1.92. The Hall–Kier alpha value is -1.09. The van der Waals surface area contributed by atoms with Crippen molar-refractivity contribution in [2.45, 2.75) is 25.3 Å². The van der Waals surface area contributed by atoms with Crippen LogP contribution in [-0.2, 0) is 4.79 Å². The van der Waals surface area contributed by atoms with Crippen molar-refractivity contribution in [3.63, 3.8) is 0 Å². The van der Waals surface area contributed by atoms with Crippen molar-refractivity contribution in [1.29, 1.82) is 0 Å². The molecule has 2 unspecified atom stereocenters. The third-order valence-electron chi connectivity index (χ3n) is 4.28. The van der Waals surface area contributed by atoms with E-state index in [1.54, 1.807) is 0 Å². The number of piperidine rings is 2. The Labute approximate surface area is 96.0 Å². The molecule has 0 radical (unpaired) electrons. The number of hydrogen-bond acceptors (Lipinski definition) is 2. The maximum atomic E-state index is 11.8. The second kappa shape index (κ2) is 3.74. The lowest BCUT2D eigenvalue weighted by Gasteiger charge is -2.49. The summed E-state index contributed by atoms with van der Waals surface area (Å²) >= 11 is 0. The standard InChI is InChI=1S/C13H18N2O/c16-12-9-13(5-7-14-8-6-13)10-3-1-2-4-11(10)15-12/h1-4,10-11,14H,5-9H2,(H,15,16). The summed E-state index contributed by atoms with van der Waals surface area (Å²) < 4.78 is 0. The zero-order valence-electron chi connectivity index (χ0n) is 9.41. The molecular formula is C13H18N2O. The quantitative estimate of drug-likeness (QED) is 0.636. The minimum absolute atomic E-state index is 0.208. The molecular weight excluding hydrogens is 200 g/mol. The molecule has 3 nitrogen and oxygen atoms in total. The Morgan fingerprint density at radius 3 is 2.75 bits per heavy atom. The van der Waals surface area contributed by atoms with Gasteiger partial charge in [-0.2, -0.15) is 0 Å². The van der Waals surface area contributed by atoms with Gasteiger partial charge in [-0.25, -0.2) is 0 Å². The SMILES string of the molecule is O=C1CC2(CCNCC2)C2C=CC=CC2N1. The van der Waals surface area contributed by atoms with Gasteiger partial charge >= 0.3 is 0 Å². The summed E-state index contributed by atoms with van der Waals surface area (Å²) in [4.78, 5) is 11.8. The van der Waals surface area contributed by atoms with Crippen LogP contribution in [0, 0.1) is 11.3 Å². The van der Waals surface area contributed by atoms with E-state index < -0.39 is 0 Å². The summed E-state index contributed by atoms with van der Waals surface area (Å²) in [5.41, 5.74) is 0.208.